The second-order valence-corrected chi connectivity index (χ2v) is 19.1. The molecule has 68 heavy (non-hydrogen) atoms. The minimum Gasteiger partial charge on any atom is -0.460 e. The summed E-state index contributed by atoms with van der Waals surface area (Å²) in [7, 11) is -2.90. The van der Waals surface area contributed by atoms with Crippen LogP contribution in [0.5, 0.6) is 17.2 Å². The highest BCUT2D eigenvalue weighted by Gasteiger charge is 2.65. The van der Waals surface area contributed by atoms with E-state index >= 15 is 8.42 Å². The normalized spacial score (nSPS) is 22.4. The zero-order chi connectivity index (χ0) is 48.0. The van der Waals surface area contributed by atoms with Crippen LogP contribution in [-0.4, -0.2) is 82.2 Å². The monoisotopic (exact) mass is 947 g/mol. The average molecular weight is 948 g/mol. The number of nitro benzene ring substituents is 2. The minimum absolute atomic E-state index is 0.00987. The van der Waals surface area contributed by atoms with Crippen molar-refractivity contribution in [2.45, 2.75) is 74.2 Å². The van der Waals surface area contributed by atoms with Gasteiger partial charge in [0.15, 0.2) is 0 Å². The summed E-state index contributed by atoms with van der Waals surface area (Å²) >= 11 is 0. The zero-order valence-corrected chi connectivity index (χ0v) is 38.3. The Bertz CT molecular complexity index is 2830. The van der Waals surface area contributed by atoms with Gasteiger partial charge in [-0.2, -0.15) is 4.31 Å². The average Bonchev–Trinajstić information content (AvgIpc) is 3.34. The fourth-order valence-corrected chi connectivity index (χ4v) is 11.6. The van der Waals surface area contributed by atoms with Crippen LogP contribution in [0.15, 0.2) is 138 Å². The molecule has 0 spiro atoms. The number of nitrogens with zero attached hydrogens (tertiary/aromatic N) is 5. The van der Waals surface area contributed by atoms with Gasteiger partial charge in [0, 0.05) is 67.9 Å². The van der Waals surface area contributed by atoms with Crippen molar-refractivity contribution < 1.29 is 47.5 Å². The van der Waals surface area contributed by atoms with Crippen LogP contribution >= 0.6 is 0 Å². The predicted octanol–water partition coefficient (Wildman–Crippen LogP) is 9.00. The molecule has 3 aliphatic rings. The number of hydrogen-bond acceptors (Lipinski definition) is 14. The van der Waals surface area contributed by atoms with E-state index in [0.29, 0.717) is 66.7 Å². The third-order valence-electron chi connectivity index (χ3n) is 13.2. The van der Waals surface area contributed by atoms with Crippen LogP contribution < -0.4 is 9.47 Å². The first-order valence-corrected chi connectivity index (χ1v) is 24.0. The number of sulfonamides is 1. The first-order chi connectivity index (χ1) is 32.9. The molecule has 0 amide bonds. The summed E-state index contributed by atoms with van der Waals surface area (Å²) in [6.45, 7) is 3.88. The number of non-ortho nitro benzene ring substituents is 2. The van der Waals surface area contributed by atoms with Crippen molar-refractivity contribution in [1.29, 1.82) is 0 Å². The second kappa shape index (κ2) is 20.7. The number of oxime groups is 1. The van der Waals surface area contributed by atoms with E-state index in [-0.39, 0.29) is 72.2 Å². The van der Waals surface area contributed by atoms with E-state index in [2.05, 4.69) is 17.6 Å². The fourth-order valence-electron chi connectivity index (χ4n) is 10.1. The van der Waals surface area contributed by atoms with Gasteiger partial charge < -0.3 is 29.3 Å². The van der Waals surface area contributed by atoms with Gasteiger partial charge in [-0.25, -0.2) is 8.42 Å². The van der Waals surface area contributed by atoms with E-state index in [4.69, 9.17) is 24.2 Å². The first kappa shape index (κ1) is 47.9. The van der Waals surface area contributed by atoms with E-state index in [9.17, 15) is 30.4 Å². The maximum absolute atomic E-state index is 15.2. The second-order valence-electron chi connectivity index (χ2n) is 17.2. The number of rotatable bonds is 21. The maximum Gasteiger partial charge on any atom is 0.273 e. The topological polar surface area (TPSA) is 226 Å². The Morgan fingerprint density at radius 2 is 1.63 bits per heavy atom. The summed E-state index contributed by atoms with van der Waals surface area (Å²) in [5, 5.41) is 48.4. The molecule has 356 valence electrons. The molecule has 2 heterocycles. The smallest absolute Gasteiger partial charge is 0.273 e. The van der Waals surface area contributed by atoms with Crippen molar-refractivity contribution in [3.63, 3.8) is 0 Å². The molecule has 1 aliphatic heterocycles. The Kier molecular flexibility index (Phi) is 14.6. The predicted molar refractivity (Wildman–Crippen MR) is 253 cm³/mol. The molecular weight excluding hydrogens is 895 g/mol. The number of hydrogen-bond donors (Lipinski definition) is 2. The van der Waals surface area contributed by atoms with Gasteiger partial charge in [-0.05, 0) is 97.2 Å². The first-order valence-electron chi connectivity index (χ1n) is 22.6. The molecule has 0 bridgehead atoms. The van der Waals surface area contributed by atoms with Crippen molar-refractivity contribution in [2.24, 2.45) is 22.9 Å². The fraction of sp³-hybridized carbons (Fsp3) is 0.360. The van der Waals surface area contributed by atoms with Gasteiger partial charge >= 0.3 is 0 Å². The number of nitro groups is 2. The zero-order valence-electron chi connectivity index (χ0n) is 37.5. The Morgan fingerprint density at radius 1 is 0.912 bits per heavy atom. The van der Waals surface area contributed by atoms with Crippen molar-refractivity contribution in [2.75, 3.05) is 26.9 Å². The number of unbranched alkanes of at least 4 members (excludes halogenated alkanes) is 2. The number of aromatic nitrogens is 1. The summed E-state index contributed by atoms with van der Waals surface area (Å²) in [6, 6.07) is 24.5. The van der Waals surface area contributed by atoms with Crippen LogP contribution in [0.4, 0.5) is 11.4 Å². The van der Waals surface area contributed by atoms with Gasteiger partial charge in [-0.1, -0.05) is 54.4 Å². The third-order valence-corrected chi connectivity index (χ3v) is 15.1. The minimum atomic E-state index is -4.39. The van der Waals surface area contributed by atoms with E-state index in [1.54, 1.807) is 66.9 Å². The summed E-state index contributed by atoms with van der Waals surface area (Å²) in [6.07, 6.45) is 9.04. The molecule has 0 radical (unpaired) electrons. The molecule has 0 saturated heterocycles. The largest absolute Gasteiger partial charge is 0.460 e. The van der Waals surface area contributed by atoms with Gasteiger partial charge in [0.05, 0.1) is 45.7 Å². The quantitative estimate of drug-likeness (QED) is 0.0303. The van der Waals surface area contributed by atoms with Crippen molar-refractivity contribution in [3.8, 4) is 17.2 Å². The van der Waals surface area contributed by atoms with E-state index in [1.807, 2.05) is 6.07 Å². The number of aliphatic hydroxyl groups is 2. The molecule has 2 aliphatic carbocycles. The van der Waals surface area contributed by atoms with Gasteiger partial charge in [-0.15, -0.1) is 6.58 Å². The van der Waals surface area contributed by atoms with Crippen LogP contribution in [0.2, 0.25) is 0 Å². The standard InChI is InChI=1S/C50H53N5O12S/c1-3-27-64-50-46(53(2)68(62,63)45-17-8-12-34-13-10-24-51-49(34)45)31-43(52-65-32-33-18-20-36(21-19-33)54(58)59)41-28-35(11-4-6-25-56)40(16-5-7-26-57)47(48(41)50)42-30-39(22-23-44(42)67-50)66-38-15-9-14-37(29-38)55(60)61/h3,8-10,12-15,17-24,28-30,35,40,46-48,56-57H,1,4-7,11,16,25-27,31-32H2,2H3. The number of pyridine rings is 1. The SMILES string of the molecule is C=CCOC12Oc3ccc(Oc4cccc([N+](=O)[O-])c4)cc3C3C(CCCCO)C(CCCCO)C=C(C(=NOCc4ccc([N+](=O)[O-])cc4)CC1N(C)S(=O)(=O)c1cccc4cccnc14)C32. The number of benzene rings is 4. The summed E-state index contributed by atoms with van der Waals surface area (Å²) in [4.78, 5) is 32.7. The van der Waals surface area contributed by atoms with Crippen LogP contribution in [0.3, 0.4) is 0 Å². The number of allylic oxidation sites excluding steroid dienone is 1. The third kappa shape index (κ3) is 9.59. The molecule has 1 aromatic heterocycles. The highest BCUT2D eigenvalue weighted by molar-refractivity contribution is 7.89. The van der Waals surface area contributed by atoms with Crippen LogP contribution in [0, 0.1) is 38.0 Å². The van der Waals surface area contributed by atoms with E-state index in [0.717, 1.165) is 11.1 Å². The van der Waals surface area contributed by atoms with Crippen LogP contribution in [0.1, 0.15) is 62.0 Å². The van der Waals surface area contributed by atoms with Crippen LogP contribution in [-0.2, 0) is 26.2 Å². The number of para-hydroxylation sites is 1. The lowest BCUT2D eigenvalue weighted by Crippen LogP contribution is -2.69. The summed E-state index contributed by atoms with van der Waals surface area (Å²) < 4.78 is 52.3. The summed E-state index contributed by atoms with van der Waals surface area (Å²) in [5.41, 5.74) is 2.59. The molecular formula is C50H53N5O12S. The van der Waals surface area contributed by atoms with Crippen molar-refractivity contribution in [1.82, 2.24) is 9.29 Å². The highest BCUT2D eigenvalue weighted by Crippen LogP contribution is 2.62. The van der Waals surface area contributed by atoms with Gasteiger partial charge in [0.1, 0.15) is 28.8 Å². The molecule has 6 unspecified atom stereocenters. The molecule has 8 rings (SSSR count). The molecule has 5 aromatic rings. The van der Waals surface area contributed by atoms with Crippen LogP contribution in [0.25, 0.3) is 10.9 Å². The van der Waals surface area contributed by atoms with Crippen molar-refractivity contribution >= 4 is 38.0 Å². The number of ether oxygens (including phenoxy) is 3. The Labute approximate surface area is 393 Å². The number of aliphatic hydroxyl groups excluding tert-OH is 2. The molecule has 1 fully saturated rings. The van der Waals surface area contributed by atoms with E-state index in [1.165, 1.54) is 47.8 Å². The molecule has 18 heteroatoms. The maximum atomic E-state index is 15.2. The molecule has 6 atom stereocenters. The lowest BCUT2D eigenvalue weighted by atomic mass is 9.55. The Balaban J connectivity index is 1.33. The van der Waals surface area contributed by atoms with Gasteiger partial charge in [0.25, 0.3) is 11.4 Å². The molecule has 4 aromatic carbocycles. The van der Waals surface area contributed by atoms with Crippen molar-refractivity contribution in [3.05, 3.63) is 159 Å². The Morgan fingerprint density at radius 3 is 2.37 bits per heavy atom. The summed E-state index contributed by atoms with van der Waals surface area (Å²) in [5.74, 6) is -2.15. The lowest BCUT2D eigenvalue weighted by molar-refractivity contribution is -0.385. The Hall–Kier alpha value is -6.57. The lowest BCUT2D eigenvalue weighted by Gasteiger charge is -2.59. The molecule has 1 saturated carbocycles. The van der Waals surface area contributed by atoms with Gasteiger partial charge in [-0.3, -0.25) is 25.2 Å². The molecule has 17 nitrogen and oxygen atoms in total. The highest BCUT2D eigenvalue weighted by atomic mass is 32.2. The molecule has 2 N–H and O–H groups in total. The number of likely N-dealkylation sites (N-methyl/N-ethyl adjacent to an activating group) is 1. The van der Waals surface area contributed by atoms with E-state index < -0.39 is 43.5 Å². The van der Waals surface area contributed by atoms with Gasteiger partial charge in [0.2, 0.25) is 15.8 Å². The number of fused-ring (bicyclic) bond motifs is 3.